The summed E-state index contributed by atoms with van der Waals surface area (Å²) >= 11 is 0. The molecule has 4 aromatic rings. The normalized spacial score (nSPS) is 17.2. The number of ether oxygens (including phenoxy) is 1. The minimum Gasteiger partial charge on any atom is -0.497 e. The standard InChI is InChI=1S/C24H24N4O3/c1-26-12-13-27(24(29)22-6-4-14-31-22)16-21(26)19-15-28-20(5-3-7-23(28)25-19)17-8-10-18(30-2)11-9-17/h3-11,14-15,21H,12-13,16H2,1-2H3/t21-/m0/s1. The van der Waals surface area contributed by atoms with Crippen LogP contribution in [-0.4, -0.2) is 58.9 Å². The average Bonchev–Trinajstić information content (AvgIpc) is 3.49. The van der Waals surface area contributed by atoms with Crippen LogP contribution < -0.4 is 4.74 Å². The first-order chi connectivity index (χ1) is 15.1. The Hall–Kier alpha value is -3.58. The number of fused-ring (bicyclic) bond motifs is 1. The van der Waals surface area contributed by atoms with Crippen LogP contribution in [-0.2, 0) is 0 Å². The maximum Gasteiger partial charge on any atom is 0.289 e. The van der Waals surface area contributed by atoms with Crippen LogP contribution in [0.2, 0.25) is 0 Å². The third-order valence-electron chi connectivity index (χ3n) is 5.91. The molecule has 4 heterocycles. The summed E-state index contributed by atoms with van der Waals surface area (Å²) in [5, 5.41) is 0. The summed E-state index contributed by atoms with van der Waals surface area (Å²) in [7, 11) is 3.74. The first kappa shape index (κ1) is 19.4. The number of hydrogen-bond donors (Lipinski definition) is 0. The molecule has 1 amide bonds. The predicted molar refractivity (Wildman–Crippen MR) is 117 cm³/mol. The number of imidazole rings is 1. The maximum atomic E-state index is 12.8. The van der Waals surface area contributed by atoms with E-state index in [0.717, 1.165) is 34.9 Å². The fraction of sp³-hybridized carbons (Fsp3) is 0.250. The van der Waals surface area contributed by atoms with Gasteiger partial charge in [-0.1, -0.05) is 6.07 Å². The molecule has 1 atom stereocenters. The van der Waals surface area contributed by atoms with E-state index < -0.39 is 0 Å². The molecule has 1 aromatic carbocycles. The van der Waals surface area contributed by atoms with Gasteiger partial charge < -0.3 is 14.1 Å². The summed E-state index contributed by atoms with van der Waals surface area (Å²) in [6, 6.07) is 17.6. The number of nitrogens with zero attached hydrogens (tertiary/aromatic N) is 4. The second kappa shape index (κ2) is 7.92. The van der Waals surface area contributed by atoms with E-state index in [2.05, 4.69) is 28.6 Å². The van der Waals surface area contributed by atoms with Crippen LogP contribution in [0.4, 0.5) is 0 Å². The largest absolute Gasteiger partial charge is 0.497 e. The Bertz CT molecular complexity index is 1200. The van der Waals surface area contributed by atoms with Gasteiger partial charge in [0.15, 0.2) is 5.76 Å². The van der Waals surface area contributed by atoms with Crippen molar-refractivity contribution >= 4 is 11.6 Å². The second-order valence-electron chi connectivity index (χ2n) is 7.76. The zero-order valence-corrected chi connectivity index (χ0v) is 17.6. The average molecular weight is 416 g/mol. The summed E-state index contributed by atoms with van der Waals surface area (Å²) in [5.41, 5.74) is 3.97. The number of likely N-dealkylation sites (N-methyl/N-ethyl adjacent to an activating group) is 1. The summed E-state index contributed by atoms with van der Waals surface area (Å²) in [5.74, 6) is 1.12. The van der Waals surface area contributed by atoms with E-state index in [-0.39, 0.29) is 11.9 Å². The highest BCUT2D eigenvalue weighted by molar-refractivity contribution is 5.91. The molecular weight excluding hydrogens is 392 g/mol. The van der Waals surface area contributed by atoms with Crippen molar-refractivity contribution in [1.82, 2.24) is 19.2 Å². The van der Waals surface area contributed by atoms with Gasteiger partial charge in [-0.05, 0) is 61.1 Å². The monoisotopic (exact) mass is 416 g/mol. The number of hydrogen-bond acceptors (Lipinski definition) is 5. The molecule has 1 aliphatic rings. The van der Waals surface area contributed by atoms with Gasteiger partial charge in [0.2, 0.25) is 0 Å². The summed E-state index contributed by atoms with van der Waals surface area (Å²) < 4.78 is 12.7. The minimum absolute atomic E-state index is 0.0104. The summed E-state index contributed by atoms with van der Waals surface area (Å²) in [6.07, 6.45) is 3.61. The zero-order valence-electron chi connectivity index (χ0n) is 17.6. The smallest absolute Gasteiger partial charge is 0.289 e. The van der Waals surface area contributed by atoms with Crippen molar-refractivity contribution in [2.24, 2.45) is 0 Å². The molecule has 31 heavy (non-hydrogen) atoms. The molecule has 0 unspecified atom stereocenters. The highest BCUT2D eigenvalue weighted by atomic mass is 16.5. The molecule has 0 radical (unpaired) electrons. The van der Waals surface area contributed by atoms with Gasteiger partial charge in [0.05, 0.1) is 30.8 Å². The first-order valence-electron chi connectivity index (χ1n) is 10.3. The van der Waals surface area contributed by atoms with E-state index in [1.54, 1.807) is 19.2 Å². The van der Waals surface area contributed by atoms with Crippen LogP contribution in [0, 0.1) is 0 Å². The molecular formula is C24H24N4O3. The van der Waals surface area contributed by atoms with Crippen LogP contribution in [0.15, 0.2) is 71.5 Å². The van der Waals surface area contributed by atoms with Gasteiger partial charge >= 0.3 is 0 Å². The van der Waals surface area contributed by atoms with Gasteiger partial charge in [-0.3, -0.25) is 14.1 Å². The Morgan fingerprint density at radius 1 is 1.10 bits per heavy atom. The number of benzene rings is 1. The lowest BCUT2D eigenvalue weighted by molar-refractivity contribution is 0.0512. The van der Waals surface area contributed by atoms with Crippen molar-refractivity contribution in [1.29, 1.82) is 0 Å². The molecule has 158 valence electrons. The van der Waals surface area contributed by atoms with Crippen LogP contribution >= 0.6 is 0 Å². The lowest BCUT2D eigenvalue weighted by atomic mass is 10.1. The Morgan fingerprint density at radius 2 is 1.94 bits per heavy atom. The SMILES string of the molecule is COc1ccc(-c2cccc3nc([C@@H]4CN(C(=O)c5ccco5)CCN4C)cn23)cc1. The number of aromatic nitrogens is 2. The number of rotatable bonds is 4. The van der Waals surface area contributed by atoms with Gasteiger partial charge in [0, 0.05) is 25.8 Å². The molecule has 7 nitrogen and oxygen atoms in total. The van der Waals surface area contributed by atoms with Crippen LogP contribution in [0.3, 0.4) is 0 Å². The predicted octanol–water partition coefficient (Wildman–Crippen LogP) is 3.73. The maximum absolute atomic E-state index is 12.8. The van der Waals surface area contributed by atoms with Gasteiger partial charge in [-0.2, -0.15) is 0 Å². The van der Waals surface area contributed by atoms with Crippen LogP contribution in [0.5, 0.6) is 5.75 Å². The van der Waals surface area contributed by atoms with Crippen molar-refractivity contribution in [2.75, 3.05) is 33.8 Å². The van der Waals surface area contributed by atoms with E-state index in [1.165, 1.54) is 6.26 Å². The van der Waals surface area contributed by atoms with Crippen LogP contribution in [0.1, 0.15) is 22.3 Å². The molecule has 0 saturated carbocycles. The summed E-state index contributed by atoms with van der Waals surface area (Å²) in [6.45, 7) is 2.01. The first-order valence-corrected chi connectivity index (χ1v) is 10.3. The second-order valence-corrected chi connectivity index (χ2v) is 7.76. The third kappa shape index (κ3) is 3.57. The Kier molecular flexibility index (Phi) is 4.95. The van der Waals surface area contributed by atoms with Crippen molar-refractivity contribution < 1.29 is 13.9 Å². The highest BCUT2D eigenvalue weighted by Gasteiger charge is 2.31. The lowest BCUT2D eigenvalue weighted by Crippen LogP contribution is -2.49. The fourth-order valence-corrected chi connectivity index (χ4v) is 4.12. The molecule has 1 fully saturated rings. The Balaban J connectivity index is 1.47. The molecule has 0 bridgehead atoms. The number of pyridine rings is 1. The minimum atomic E-state index is -0.0780. The molecule has 1 saturated heterocycles. The van der Waals surface area contributed by atoms with Crippen molar-refractivity contribution in [3.05, 3.63) is 78.5 Å². The van der Waals surface area contributed by atoms with E-state index in [1.807, 2.05) is 41.3 Å². The number of carbonyl (C=O) groups excluding carboxylic acids is 1. The lowest BCUT2D eigenvalue weighted by Gasteiger charge is -2.38. The number of carbonyl (C=O) groups is 1. The van der Waals surface area contributed by atoms with E-state index in [4.69, 9.17) is 14.1 Å². The van der Waals surface area contributed by atoms with E-state index >= 15 is 0 Å². The molecule has 0 aliphatic carbocycles. The summed E-state index contributed by atoms with van der Waals surface area (Å²) in [4.78, 5) is 21.8. The Morgan fingerprint density at radius 3 is 2.68 bits per heavy atom. The zero-order chi connectivity index (χ0) is 21.4. The topological polar surface area (TPSA) is 63.2 Å². The molecule has 5 rings (SSSR count). The van der Waals surface area contributed by atoms with Crippen LogP contribution in [0.25, 0.3) is 16.9 Å². The van der Waals surface area contributed by atoms with Crippen molar-refractivity contribution in [2.45, 2.75) is 6.04 Å². The van der Waals surface area contributed by atoms with Gasteiger partial charge in [0.1, 0.15) is 11.4 Å². The van der Waals surface area contributed by atoms with Gasteiger partial charge in [-0.25, -0.2) is 4.98 Å². The van der Waals surface area contributed by atoms with Gasteiger partial charge in [0.25, 0.3) is 5.91 Å². The van der Waals surface area contributed by atoms with Crippen molar-refractivity contribution in [3.63, 3.8) is 0 Å². The Labute approximate surface area is 180 Å². The number of furan rings is 1. The molecule has 0 N–H and O–H groups in total. The molecule has 0 spiro atoms. The quantitative estimate of drug-likeness (QED) is 0.507. The number of piperazine rings is 1. The van der Waals surface area contributed by atoms with E-state index in [0.29, 0.717) is 18.8 Å². The molecule has 7 heteroatoms. The third-order valence-corrected chi connectivity index (χ3v) is 5.91. The molecule has 3 aromatic heterocycles. The fourth-order valence-electron chi connectivity index (χ4n) is 4.12. The highest BCUT2D eigenvalue weighted by Crippen LogP contribution is 2.28. The number of amides is 1. The number of methoxy groups -OCH3 is 1. The molecule has 1 aliphatic heterocycles. The van der Waals surface area contributed by atoms with Gasteiger partial charge in [-0.15, -0.1) is 0 Å². The van der Waals surface area contributed by atoms with Crippen molar-refractivity contribution in [3.8, 4) is 17.0 Å². The van der Waals surface area contributed by atoms with E-state index in [9.17, 15) is 4.79 Å².